The van der Waals surface area contributed by atoms with Gasteiger partial charge >= 0.3 is 6.09 Å². The van der Waals surface area contributed by atoms with Crippen molar-refractivity contribution >= 4 is 23.5 Å². The third-order valence-corrected chi connectivity index (χ3v) is 7.38. The molecule has 0 radical (unpaired) electrons. The predicted octanol–water partition coefficient (Wildman–Crippen LogP) is 3.45. The van der Waals surface area contributed by atoms with Gasteiger partial charge in [0, 0.05) is 43.9 Å². The highest BCUT2D eigenvalue weighted by Gasteiger charge is 2.34. The quantitative estimate of drug-likeness (QED) is 0.355. The molecule has 11 nitrogen and oxygen atoms in total. The summed E-state index contributed by atoms with van der Waals surface area (Å²) in [4.78, 5) is 24.9. The molecule has 0 aliphatic carbocycles. The Labute approximate surface area is 231 Å². The van der Waals surface area contributed by atoms with Crippen molar-refractivity contribution < 1.29 is 24.3 Å². The summed E-state index contributed by atoms with van der Waals surface area (Å²) in [6.07, 6.45) is -1.57. The summed E-state index contributed by atoms with van der Waals surface area (Å²) in [5.41, 5.74) is 5.86. The second-order valence-electron chi connectivity index (χ2n) is 9.91. The number of aryl methyl sites for hydroxylation is 2. The average molecular weight is 555 g/mol. The van der Waals surface area contributed by atoms with Gasteiger partial charge < -0.3 is 34.6 Å². The molecule has 0 bridgehead atoms. The number of aromatic nitrogens is 3. The van der Waals surface area contributed by atoms with Crippen LogP contribution in [0.3, 0.4) is 0 Å². The SMILES string of the molecule is CNCC(O)COc1ccc(Cl)c(-c2nc(-c3c(C)noc3C)c(C)c(N3CC4=C(CN(C(=O)O)C4)C3)n2)c1. The van der Waals surface area contributed by atoms with Crippen molar-refractivity contribution in [2.24, 2.45) is 0 Å². The third kappa shape index (κ3) is 5.29. The van der Waals surface area contributed by atoms with Crippen molar-refractivity contribution in [2.45, 2.75) is 26.9 Å². The maximum Gasteiger partial charge on any atom is 0.407 e. The maximum atomic E-state index is 11.5. The van der Waals surface area contributed by atoms with Crippen molar-refractivity contribution in [3.05, 3.63) is 51.4 Å². The number of ether oxygens (including phenoxy) is 1. The number of aliphatic hydroxyl groups is 1. The van der Waals surface area contributed by atoms with Gasteiger partial charge in [0.1, 0.15) is 30.0 Å². The summed E-state index contributed by atoms with van der Waals surface area (Å²) in [7, 11) is 1.76. The molecule has 0 saturated heterocycles. The molecule has 0 spiro atoms. The van der Waals surface area contributed by atoms with Gasteiger partial charge in [-0.25, -0.2) is 14.8 Å². The number of carboxylic acid groups (broad SMARTS) is 1. The van der Waals surface area contributed by atoms with Crippen LogP contribution in [-0.2, 0) is 0 Å². The number of benzene rings is 1. The number of nitrogens with zero attached hydrogens (tertiary/aromatic N) is 5. The van der Waals surface area contributed by atoms with Gasteiger partial charge in [-0.2, -0.15) is 0 Å². The Balaban J connectivity index is 1.54. The number of nitrogens with one attached hydrogen (secondary N) is 1. The Kier molecular flexibility index (Phi) is 7.48. The van der Waals surface area contributed by atoms with E-state index in [4.69, 9.17) is 30.8 Å². The van der Waals surface area contributed by atoms with Gasteiger partial charge in [-0.1, -0.05) is 16.8 Å². The number of aliphatic hydroxyl groups excluding tert-OH is 1. The van der Waals surface area contributed by atoms with Crippen LogP contribution in [0.1, 0.15) is 17.0 Å². The van der Waals surface area contributed by atoms with E-state index in [2.05, 4.69) is 15.4 Å². The van der Waals surface area contributed by atoms with Gasteiger partial charge in [0.2, 0.25) is 0 Å². The molecule has 2 aromatic heterocycles. The van der Waals surface area contributed by atoms with Crippen LogP contribution in [0.4, 0.5) is 10.6 Å². The van der Waals surface area contributed by atoms with Gasteiger partial charge in [-0.05, 0) is 57.2 Å². The molecule has 0 saturated carbocycles. The van der Waals surface area contributed by atoms with Crippen LogP contribution in [0.15, 0.2) is 33.9 Å². The first-order valence-electron chi connectivity index (χ1n) is 12.7. The van der Waals surface area contributed by atoms with Gasteiger partial charge in [-0.3, -0.25) is 0 Å². The van der Waals surface area contributed by atoms with Crippen molar-refractivity contribution in [3.63, 3.8) is 0 Å². The molecule has 1 aromatic carbocycles. The zero-order valence-corrected chi connectivity index (χ0v) is 23.0. The van der Waals surface area contributed by atoms with Gasteiger partial charge in [0.25, 0.3) is 0 Å². The fourth-order valence-electron chi connectivity index (χ4n) is 5.12. The molecule has 3 N–H and O–H groups in total. The van der Waals surface area contributed by atoms with Crippen LogP contribution in [0.2, 0.25) is 5.02 Å². The Morgan fingerprint density at radius 2 is 1.90 bits per heavy atom. The molecule has 1 unspecified atom stereocenters. The summed E-state index contributed by atoms with van der Waals surface area (Å²) in [6.45, 7) is 8.18. The fourth-order valence-corrected chi connectivity index (χ4v) is 5.32. The Morgan fingerprint density at radius 1 is 1.18 bits per heavy atom. The van der Waals surface area contributed by atoms with Crippen molar-refractivity contribution in [3.8, 4) is 28.4 Å². The predicted molar refractivity (Wildman–Crippen MR) is 146 cm³/mol. The molecule has 2 aliphatic heterocycles. The van der Waals surface area contributed by atoms with E-state index in [9.17, 15) is 15.0 Å². The van der Waals surface area contributed by atoms with E-state index in [1.165, 1.54) is 4.90 Å². The summed E-state index contributed by atoms with van der Waals surface area (Å²) in [6, 6.07) is 5.24. The molecule has 12 heteroatoms. The topological polar surface area (TPSA) is 137 Å². The first-order valence-corrected chi connectivity index (χ1v) is 13.0. The van der Waals surface area contributed by atoms with Gasteiger partial charge in [-0.15, -0.1) is 0 Å². The van der Waals surface area contributed by atoms with E-state index in [0.29, 0.717) is 72.0 Å². The molecule has 5 rings (SSSR count). The van der Waals surface area contributed by atoms with E-state index >= 15 is 0 Å². The minimum atomic E-state index is -0.910. The Morgan fingerprint density at radius 3 is 2.51 bits per heavy atom. The lowest BCUT2D eigenvalue weighted by molar-refractivity contribution is 0.108. The summed E-state index contributed by atoms with van der Waals surface area (Å²) in [5, 5.41) is 27.0. The number of hydrogen-bond acceptors (Lipinski definition) is 9. The van der Waals surface area contributed by atoms with E-state index < -0.39 is 12.2 Å². The molecule has 39 heavy (non-hydrogen) atoms. The zero-order chi connectivity index (χ0) is 27.8. The molecule has 206 valence electrons. The monoisotopic (exact) mass is 554 g/mol. The molecular formula is C27H31ClN6O5. The number of carbonyl (C=O) groups is 1. The van der Waals surface area contributed by atoms with Gasteiger partial charge in [0.15, 0.2) is 5.82 Å². The Hall–Kier alpha value is -3.67. The van der Waals surface area contributed by atoms with Crippen molar-refractivity contribution in [1.29, 1.82) is 0 Å². The van der Waals surface area contributed by atoms with E-state index in [1.54, 1.807) is 25.2 Å². The molecular weight excluding hydrogens is 524 g/mol. The van der Waals surface area contributed by atoms with E-state index in [-0.39, 0.29) is 6.61 Å². The Bertz CT molecular complexity index is 1420. The summed E-state index contributed by atoms with van der Waals surface area (Å²) < 4.78 is 11.3. The lowest BCUT2D eigenvalue weighted by Crippen LogP contribution is -2.33. The number of anilines is 1. The standard InChI is InChI=1S/C27H31ClN6O5/c1-14-24(23-15(2)32-39-16(23)3)30-25(21-7-20(5-6-22(21)28)38-13-19(35)8-29-4)31-26(14)33-9-17-11-34(27(36)37)12-18(17)10-33/h5-7,19,29,35H,8-13H2,1-4H3,(H,36,37). The molecule has 1 amide bonds. The minimum Gasteiger partial charge on any atom is -0.491 e. The highest BCUT2D eigenvalue weighted by molar-refractivity contribution is 6.33. The second kappa shape index (κ2) is 10.8. The minimum absolute atomic E-state index is 0.116. The highest BCUT2D eigenvalue weighted by Crippen LogP contribution is 2.39. The molecule has 0 fully saturated rings. The van der Waals surface area contributed by atoms with Crippen LogP contribution in [0.25, 0.3) is 22.6 Å². The lowest BCUT2D eigenvalue weighted by atomic mass is 10.0. The van der Waals surface area contributed by atoms with Crippen LogP contribution in [0, 0.1) is 20.8 Å². The van der Waals surface area contributed by atoms with E-state index in [0.717, 1.165) is 28.1 Å². The lowest BCUT2D eigenvalue weighted by Gasteiger charge is -2.25. The first-order chi connectivity index (χ1) is 18.7. The molecule has 2 aliphatic rings. The van der Waals surface area contributed by atoms with Gasteiger partial charge in [0.05, 0.1) is 22.0 Å². The van der Waals surface area contributed by atoms with E-state index in [1.807, 2.05) is 20.8 Å². The fraction of sp³-hybridized carbons (Fsp3) is 0.407. The number of amides is 1. The van der Waals surface area contributed by atoms with Crippen molar-refractivity contribution in [1.82, 2.24) is 25.3 Å². The molecule has 3 aromatic rings. The summed E-state index contributed by atoms with van der Waals surface area (Å²) >= 11 is 6.65. The smallest absolute Gasteiger partial charge is 0.407 e. The first kappa shape index (κ1) is 26.9. The number of likely N-dealkylation sites (N-methyl/N-ethyl adjacent to an activating group) is 1. The maximum absolute atomic E-state index is 11.5. The van der Waals surface area contributed by atoms with Crippen LogP contribution in [0.5, 0.6) is 5.75 Å². The average Bonchev–Trinajstić information content (AvgIpc) is 3.57. The largest absolute Gasteiger partial charge is 0.491 e. The third-order valence-electron chi connectivity index (χ3n) is 7.05. The second-order valence-corrected chi connectivity index (χ2v) is 10.3. The summed E-state index contributed by atoms with van der Waals surface area (Å²) in [5.74, 6) is 2.32. The van der Waals surface area contributed by atoms with Crippen LogP contribution in [-0.4, -0.2) is 88.8 Å². The zero-order valence-electron chi connectivity index (χ0n) is 22.3. The van der Waals surface area contributed by atoms with Crippen molar-refractivity contribution in [2.75, 3.05) is 51.3 Å². The highest BCUT2D eigenvalue weighted by atomic mass is 35.5. The number of halogens is 1. The molecule has 4 heterocycles. The molecule has 1 atom stereocenters. The normalized spacial score (nSPS) is 15.7. The van der Waals surface area contributed by atoms with Crippen LogP contribution < -0.4 is 15.0 Å². The number of hydrogen-bond donors (Lipinski definition) is 3. The number of rotatable bonds is 8. The van der Waals surface area contributed by atoms with Crippen LogP contribution >= 0.6 is 11.6 Å².